The highest BCUT2D eigenvalue weighted by Crippen LogP contribution is 2.35. The Balaban J connectivity index is 1.82. The van der Waals surface area contributed by atoms with E-state index in [1.165, 1.54) is 30.0 Å². The second-order valence-electron chi connectivity index (χ2n) is 7.67. The molecule has 0 aliphatic heterocycles. The van der Waals surface area contributed by atoms with Crippen molar-refractivity contribution in [2.75, 3.05) is 12.4 Å². The maximum Gasteiger partial charge on any atom is 0.313 e. The fourth-order valence-electron chi connectivity index (χ4n) is 3.37. The van der Waals surface area contributed by atoms with Crippen molar-refractivity contribution >= 4 is 23.0 Å². The summed E-state index contributed by atoms with van der Waals surface area (Å²) in [6.07, 6.45) is 2.98. The molecule has 0 saturated carbocycles. The summed E-state index contributed by atoms with van der Waals surface area (Å²) < 4.78 is 35.8. The highest BCUT2D eigenvalue weighted by Gasteiger charge is 2.29. The zero-order chi connectivity index (χ0) is 23.0. The van der Waals surface area contributed by atoms with Crippen LogP contribution in [0.1, 0.15) is 19.4 Å². The molecule has 0 radical (unpaired) electrons. The largest absolute Gasteiger partial charge is 0.481 e. The molecule has 0 aliphatic carbocycles. The van der Waals surface area contributed by atoms with Gasteiger partial charge in [-0.05, 0) is 43.7 Å². The third kappa shape index (κ3) is 3.51. The van der Waals surface area contributed by atoms with Crippen LogP contribution in [-0.2, 0) is 10.2 Å². The Morgan fingerprint density at radius 2 is 1.78 bits per heavy atom. The maximum absolute atomic E-state index is 14.5. The lowest BCUT2D eigenvalue weighted by molar-refractivity contribution is -0.142. The number of anilines is 2. The highest BCUT2D eigenvalue weighted by molar-refractivity contribution is 5.83. The number of carboxylic acids is 1. The standard InChI is InChI=1S/C23H20F2N4O3/c1-23(2,22(30)31)13-7-9-14(10-8-13)27-19-18-21(32-3)26-11-12-29(18)20(28-19)17-15(24)5-4-6-16(17)25/h4-12,27H,1-3H3,(H,30,31). The highest BCUT2D eigenvalue weighted by atomic mass is 19.1. The number of carboxylic acid groups (broad SMARTS) is 1. The number of nitrogens with zero attached hydrogens (tertiary/aromatic N) is 3. The second kappa shape index (κ2) is 7.92. The van der Waals surface area contributed by atoms with E-state index in [0.29, 0.717) is 16.8 Å². The van der Waals surface area contributed by atoms with Crippen LogP contribution >= 0.6 is 0 Å². The van der Waals surface area contributed by atoms with Crippen LogP contribution in [0.15, 0.2) is 54.9 Å². The predicted molar refractivity (Wildman–Crippen MR) is 115 cm³/mol. The number of aromatic nitrogens is 3. The van der Waals surface area contributed by atoms with Gasteiger partial charge in [0.15, 0.2) is 17.2 Å². The van der Waals surface area contributed by atoms with Crippen LogP contribution in [-0.4, -0.2) is 32.6 Å². The Morgan fingerprint density at radius 3 is 2.38 bits per heavy atom. The summed E-state index contributed by atoms with van der Waals surface area (Å²) in [5.74, 6) is -1.90. The number of benzene rings is 2. The number of imidazole rings is 1. The summed E-state index contributed by atoms with van der Waals surface area (Å²) in [5, 5.41) is 12.5. The summed E-state index contributed by atoms with van der Waals surface area (Å²) >= 11 is 0. The maximum atomic E-state index is 14.5. The van der Waals surface area contributed by atoms with Crippen molar-refractivity contribution in [3.8, 4) is 17.3 Å². The number of hydrogen-bond donors (Lipinski definition) is 2. The van der Waals surface area contributed by atoms with E-state index in [1.807, 2.05) is 0 Å². The molecule has 2 aromatic carbocycles. The third-order valence-electron chi connectivity index (χ3n) is 5.30. The topological polar surface area (TPSA) is 88.8 Å². The van der Waals surface area contributed by atoms with Crippen molar-refractivity contribution in [2.45, 2.75) is 19.3 Å². The van der Waals surface area contributed by atoms with Crippen LogP contribution in [0, 0.1) is 11.6 Å². The molecule has 0 fully saturated rings. The molecule has 0 aliphatic rings. The quantitative estimate of drug-likeness (QED) is 0.450. The van der Waals surface area contributed by atoms with Crippen molar-refractivity contribution in [3.63, 3.8) is 0 Å². The molecule has 4 rings (SSSR count). The van der Waals surface area contributed by atoms with E-state index in [1.54, 1.807) is 38.1 Å². The first kappa shape index (κ1) is 21.2. The molecule has 2 N–H and O–H groups in total. The van der Waals surface area contributed by atoms with E-state index in [2.05, 4.69) is 15.3 Å². The predicted octanol–water partition coefficient (Wildman–Crippen LogP) is 4.79. The second-order valence-corrected chi connectivity index (χ2v) is 7.67. The Kier molecular flexibility index (Phi) is 5.25. The number of fused-ring (bicyclic) bond motifs is 1. The van der Waals surface area contributed by atoms with Crippen LogP contribution in [0.5, 0.6) is 5.88 Å². The molecule has 0 amide bonds. The lowest BCUT2D eigenvalue weighted by Gasteiger charge is -2.19. The van der Waals surface area contributed by atoms with E-state index in [9.17, 15) is 18.7 Å². The lowest BCUT2D eigenvalue weighted by atomic mass is 9.85. The van der Waals surface area contributed by atoms with Crippen LogP contribution in [0.2, 0.25) is 0 Å². The number of nitrogens with one attached hydrogen (secondary N) is 1. The molecule has 32 heavy (non-hydrogen) atoms. The van der Waals surface area contributed by atoms with E-state index < -0.39 is 23.0 Å². The summed E-state index contributed by atoms with van der Waals surface area (Å²) in [6.45, 7) is 3.23. The van der Waals surface area contributed by atoms with Gasteiger partial charge in [0.25, 0.3) is 0 Å². The van der Waals surface area contributed by atoms with Crippen LogP contribution in [0.25, 0.3) is 16.9 Å². The zero-order valence-electron chi connectivity index (χ0n) is 17.6. The molecule has 2 heterocycles. The van der Waals surface area contributed by atoms with Crippen molar-refractivity contribution < 1.29 is 23.4 Å². The molecular formula is C23H20F2N4O3. The number of ether oxygens (including phenoxy) is 1. The van der Waals surface area contributed by atoms with Crippen LogP contribution in [0.3, 0.4) is 0 Å². The molecule has 2 aromatic heterocycles. The Labute approximate surface area is 182 Å². The van der Waals surface area contributed by atoms with Gasteiger partial charge in [-0.1, -0.05) is 18.2 Å². The van der Waals surface area contributed by atoms with Crippen LogP contribution in [0.4, 0.5) is 20.3 Å². The van der Waals surface area contributed by atoms with Crippen molar-refractivity contribution in [2.24, 2.45) is 0 Å². The first-order chi connectivity index (χ1) is 15.2. The lowest BCUT2D eigenvalue weighted by Crippen LogP contribution is -2.28. The smallest absolute Gasteiger partial charge is 0.313 e. The molecular weight excluding hydrogens is 418 g/mol. The van der Waals surface area contributed by atoms with Gasteiger partial charge in [0, 0.05) is 18.1 Å². The van der Waals surface area contributed by atoms with Gasteiger partial charge in [0.05, 0.1) is 18.1 Å². The van der Waals surface area contributed by atoms with Gasteiger partial charge in [-0.2, -0.15) is 0 Å². The van der Waals surface area contributed by atoms with Crippen molar-refractivity contribution in [1.29, 1.82) is 0 Å². The molecule has 0 bridgehead atoms. The Morgan fingerprint density at radius 1 is 1.12 bits per heavy atom. The minimum absolute atomic E-state index is 0.0439. The monoisotopic (exact) mass is 438 g/mol. The van der Waals surface area contributed by atoms with Gasteiger partial charge in [0.1, 0.15) is 11.6 Å². The number of carbonyl (C=O) groups is 1. The van der Waals surface area contributed by atoms with Crippen molar-refractivity contribution in [1.82, 2.24) is 14.4 Å². The molecule has 0 atom stereocenters. The van der Waals surface area contributed by atoms with E-state index >= 15 is 0 Å². The van der Waals surface area contributed by atoms with Crippen LogP contribution < -0.4 is 10.1 Å². The van der Waals surface area contributed by atoms with Gasteiger partial charge < -0.3 is 15.2 Å². The molecule has 0 unspecified atom stereocenters. The Hall–Kier alpha value is -4.01. The molecule has 7 nitrogen and oxygen atoms in total. The summed E-state index contributed by atoms with van der Waals surface area (Å²) in [6, 6.07) is 10.4. The van der Waals surface area contributed by atoms with E-state index in [4.69, 9.17) is 4.74 Å². The normalized spacial score (nSPS) is 11.5. The number of halogens is 2. The van der Waals surface area contributed by atoms with Crippen molar-refractivity contribution in [3.05, 3.63) is 72.1 Å². The average molecular weight is 438 g/mol. The summed E-state index contributed by atoms with van der Waals surface area (Å²) in [7, 11) is 1.44. The number of hydrogen-bond acceptors (Lipinski definition) is 5. The minimum Gasteiger partial charge on any atom is -0.481 e. The number of methoxy groups -OCH3 is 1. The van der Waals surface area contributed by atoms with Gasteiger partial charge in [-0.25, -0.2) is 18.7 Å². The number of aliphatic carboxylic acids is 1. The first-order valence-corrected chi connectivity index (χ1v) is 9.70. The zero-order valence-corrected chi connectivity index (χ0v) is 17.6. The molecule has 9 heteroatoms. The summed E-state index contributed by atoms with van der Waals surface area (Å²) in [4.78, 5) is 20.1. The fraction of sp³-hybridized carbons (Fsp3) is 0.174. The minimum atomic E-state index is -1.05. The molecule has 164 valence electrons. The Bertz CT molecular complexity index is 1300. The molecule has 0 spiro atoms. The molecule has 0 saturated heterocycles. The van der Waals surface area contributed by atoms with Gasteiger partial charge in [-0.3, -0.25) is 9.20 Å². The third-order valence-corrected chi connectivity index (χ3v) is 5.30. The van der Waals surface area contributed by atoms with Gasteiger partial charge >= 0.3 is 5.97 Å². The van der Waals surface area contributed by atoms with E-state index in [0.717, 1.165) is 12.1 Å². The summed E-state index contributed by atoms with van der Waals surface area (Å²) in [5.41, 5.74) is 0.285. The van der Waals surface area contributed by atoms with E-state index in [-0.39, 0.29) is 23.1 Å². The SMILES string of the molecule is COc1nccn2c(-c3c(F)cccc3F)nc(Nc3ccc(C(C)(C)C(=O)O)cc3)c12. The average Bonchev–Trinajstić information content (AvgIpc) is 3.12. The number of rotatable bonds is 6. The fourth-order valence-corrected chi connectivity index (χ4v) is 3.37. The van der Waals surface area contributed by atoms with Gasteiger partial charge in [-0.15, -0.1) is 0 Å². The first-order valence-electron chi connectivity index (χ1n) is 9.70. The molecule has 4 aromatic rings. The van der Waals surface area contributed by atoms with Gasteiger partial charge in [0.2, 0.25) is 5.88 Å².